The highest BCUT2D eigenvalue weighted by molar-refractivity contribution is 6.22. The van der Waals surface area contributed by atoms with Gasteiger partial charge in [-0.05, 0) is 70.8 Å². The smallest absolute Gasteiger partial charge is 0.277 e. The Bertz CT molecular complexity index is 5780. The number of pyridine rings is 3. The molecule has 0 fully saturated rings. The fraction of sp³-hybridized carbons (Fsp3) is 0.180. The minimum Gasteiger partial charge on any atom is -0.489 e. The molecule has 1 N–H and O–H groups in total. The number of para-hydroxylation sites is 3. The zero-order valence-corrected chi connectivity index (χ0v) is 68.5. The summed E-state index contributed by atoms with van der Waals surface area (Å²) in [6, 6.07) is 86.2. The standard InChI is InChI=1S/C34H33N3O4.C32H29N3O4.C18H19N3O3.C16H15ClO/c1-3-5-21-35-25-37(31(27-16-10-7-11-17-27)28-18-12-13-19-30(28)40-23-4-2)36-22-20-29(38)33(32(36)34(35)39)41-24-26-14-8-6-9-15-26;36-27-18-20-34-30(31(27)39-22-24-12-4-1-5-13-24)32(37)33-19-10-3-11-21-38-28-17-9-8-16-26(28)29(35(34)23-33)25-14-6-2-7-15-25;1-2-3-10-20-13-19-21-11-9-15(22)17(16(21)18(20)23)24-12-14-7-5-4-6-8-14;1-2-12-18-15-11-7-6-10-14(15)16(17)13-8-4-3-5-9-13/h3-4,6-20,22,31H,1-2,5,21,23-25H2;1-9,11-18,20,29H,10,19,21-23H2;2,4-9,11,19H,1,3,10,12-13H2;2-11,16H,1,12H2. The van der Waals surface area contributed by atoms with Crippen molar-refractivity contribution in [2.45, 2.75) is 56.5 Å². The fourth-order valence-corrected chi connectivity index (χ4v) is 14.8. The lowest BCUT2D eigenvalue weighted by Crippen LogP contribution is -2.55. The maximum atomic E-state index is 13.9. The molecule has 4 aliphatic heterocycles. The van der Waals surface area contributed by atoms with E-state index < -0.39 is 0 Å². The number of fused-ring (bicyclic) bond motifs is 7. The molecule has 21 nitrogen and oxygen atoms in total. The van der Waals surface area contributed by atoms with Crippen LogP contribution in [0.15, 0.2) is 369 Å². The molecule has 3 unspecified atom stereocenters. The molecule has 12 aromatic rings. The maximum absolute atomic E-state index is 13.9. The van der Waals surface area contributed by atoms with Crippen molar-refractivity contribution in [3.63, 3.8) is 0 Å². The Labute approximate surface area is 714 Å². The number of nitrogens with one attached hydrogen (secondary N) is 1. The van der Waals surface area contributed by atoms with Crippen molar-refractivity contribution in [1.82, 2.24) is 28.7 Å². The molecule has 16 rings (SSSR count). The molecular weight excluding hydrogens is 1550 g/mol. The van der Waals surface area contributed by atoms with Crippen LogP contribution in [0.5, 0.6) is 34.5 Å². The maximum Gasteiger partial charge on any atom is 0.277 e. The van der Waals surface area contributed by atoms with Gasteiger partial charge >= 0.3 is 0 Å². The van der Waals surface area contributed by atoms with Crippen LogP contribution in [0, 0.1) is 0 Å². The largest absolute Gasteiger partial charge is 0.489 e. The number of benzene rings is 9. The van der Waals surface area contributed by atoms with Crippen LogP contribution in [0.4, 0.5) is 0 Å². The van der Waals surface area contributed by atoms with Crippen LogP contribution >= 0.6 is 11.6 Å². The molecule has 3 amide bonds. The Hall–Kier alpha value is -14.6. The summed E-state index contributed by atoms with van der Waals surface area (Å²) in [6.45, 7) is 19.3. The molecular formula is C100H96ClN9O12. The van der Waals surface area contributed by atoms with E-state index >= 15 is 0 Å². The molecule has 3 aromatic heterocycles. The highest BCUT2D eigenvalue weighted by Gasteiger charge is 2.40. The van der Waals surface area contributed by atoms with Gasteiger partial charge in [0.1, 0.15) is 89.0 Å². The predicted octanol–water partition coefficient (Wildman–Crippen LogP) is 17.2. The van der Waals surface area contributed by atoms with Crippen molar-refractivity contribution in [3.05, 3.63) is 452 Å². The van der Waals surface area contributed by atoms with Crippen LogP contribution in [0.25, 0.3) is 0 Å². The van der Waals surface area contributed by atoms with Crippen LogP contribution in [-0.4, -0.2) is 106 Å². The SMILES string of the molecule is C=CCCN1CN(C(c2ccccc2)c2ccccc2OCC=C)n2ccc(=O)c(OCc3ccccc3)c2C1=O.C=CCCN1CNn2ccc(=O)c(OCc3ccccc3)c2C1=O.C=CCOc1ccccc1C(Cl)c1ccccc1.O=C1c2c(OCc3ccccc3)c(=O)ccn2N2CN1CCC=CCOc1ccccc1C2c1ccccc1. The number of nitrogens with zero attached hydrogens (tertiary/aromatic N) is 8. The first kappa shape index (κ1) is 85.3. The van der Waals surface area contributed by atoms with Crippen LogP contribution in [0.3, 0.4) is 0 Å². The topological polar surface area (TPSA) is 201 Å². The molecule has 0 radical (unpaired) electrons. The third-order valence-corrected chi connectivity index (χ3v) is 20.9. The minimum absolute atomic E-state index is 0.0256. The zero-order chi connectivity index (χ0) is 84.9. The highest BCUT2D eigenvalue weighted by Crippen LogP contribution is 2.41. The number of amides is 3. The van der Waals surface area contributed by atoms with E-state index in [1.807, 2.05) is 237 Å². The van der Waals surface area contributed by atoms with Crippen molar-refractivity contribution in [2.24, 2.45) is 0 Å². The molecule has 3 atom stereocenters. The summed E-state index contributed by atoms with van der Waals surface area (Å²) in [6.07, 6.45) is 17.8. The lowest BCUT2D eigenvalue weighted by Gasteiger charge is -2.44. The third-order valence-electron chi connectivity index (χ3n) is 20.4. The molecule has 0 spiro atoms. The Morgan fingerprint density at radius 2 is 0.902 bits per heavy atom. The van der Waals surface area contributed by atoms with Crippen LogP contribution in [-0.2, 0) is 19.8 Å². The van der Waals surface area contributed by atoms with Crippen LogP contribution in [0.2, 0.25) is 0 Å². The Kier molecular flexibility index (Phi) is 29.9. The molecule has 620 valence electrons. The monoisotopic (exact) mass is 1650 g/mol. The number of carbonyl (C=O) groups excluding carboxylic acids is 3. The van der Waals surface area contributed by atoms with E-state index in [2.05, 4.69) is 72.1 Å². The average Bonchev–Trinajstić information content (AvgIpc) is 0.736. The van der Waals surface area contributed by atoms with E-state index in [9.17, 15) is 28.8 Å². The fourth-order valence-electron chi connectivity index (χ4n) is 14.5. The van der Waals surface area contributed by atoms with Gasteiger partial charge in [-0.2, -0.15) is 0 Å². The molecule has 22 heteroatoms. The quantitative estimate of drug-likeness (QED) is 0.0376. The molecule has 7 heterocycles. The van der Waals surface area contributed by atoms with Crippen LogP contribution < -0.4 is 60.2 Å². The summed E-state index contributed by atoms with van der Waals surface area (Å²) in [5.74, 6) is 1.71. The van der Waals surface area contributed by atoms with Crippen molar-refractivity contribution in [2.75, 3.05) is 74.9 Å². The molecule has 4 aliphatic rings. The summed E-state index contributed by atoms with van der Waals surface area (Å²) in [5, 5.41) is 3.97. The van der Waals surface area contributed by atoms with Gasteiger partial charge in [-0.3, -0.25) is 52.8 Å². The van der Waals surface area contributed by atoms with Gasteiger partial charge in [0.25, 0.3) is 17.7 Å². The number of aromatic nitrogens is 3. The third kappa shape index (κ3) is 20.9. The summed E-state index contributed by atoms with van der Waals surface area (Å²) < 4.78 is 40.9. The normalized spacial score (nSPS) is 14.2. The van der Waals surface area contributed by atoms with Crippen molar-refractivity contribution < 1.29 is 42.8 Å². The first-order valence-corrected chi connectivity index (χ1v) is 40.7. The van der Waals surface area contributed by atoms with Gasteiger partial charge in [-0.15, -0.1) is 24.8 Å². The van der Waals surface area contributed by atoms with E-state index in [1.54, 1.807) is 71.6 Å². The number of alkyl halides is 1. The van der Waals surface area contributed by atoms with Crippen LogP contribution in [0.1, 0.15) is 118 Å². The van der Waals surface area contributed by atoms with Crippen molar-refractivity contribution in [3.8, 4) is 34.5 Å². The second kappa shape index (κ2) is 42.7. The Morgan fingerprint density at radius 1 is 0.443 bits per heavy atom. The zero-order valence-electron chi connectivity index (χ0n) is 67.7. The van der Waals surface area contributed by atoms with Crippen molar-refractivity contribution in [1.29, 1.82) is 0 Å². The Morgan fingerprint density at radius 3 is 1.47 bits per heavy atom. The average molecular weight is 1650 g/mol. The van der Waals surface area contributed by atoms with E-state index in [-0.39, 0.29) is 112 Å². The first-order chi connectivity index (χ1) is 59.8. The predicted molar refractivity (Wildman–Crippen MR) is 478 cm³/mol. The Balaban J connectivity index is 0.000000147. The molecule has 0 aliphatic carbocycles. The number of hydrogen-bond acceptors (Lipinski definition) is 15. The van der Waals surface area contributed by atoms with Gasteiger partial charge in [-0.1, -0.05) is 286 Å². The van der Waals surface area contributed by atoms with Gasteiger partial charge in [0.2, 0.25) is 16.3 Å². The first-order valence-electron chi connectivity index (χ1n) is 40.3. The second-order valence-electron chi connectivity index (χ2n) is 28.6. The van der Waals surface area contributed by atoms with Gasteiger partial charge in [0.05, 0.1) is 5.38 Å². The molecule has 0 saturated heterocycles. The molecule has 9 aromatic carbocycles. The van der Waals surface area contributed by atoms with E-state index in [0.717, 1.165) is 61.6 Å². The van der Waals surface area contributed by atoms with Gasteiger partial charge in [-0.25, -0.2) is 0 Å². The highest BCUT2D eigenvalue weighted by atomic mass is 35.5. The van der Waals surface area contributed by atoms with E-state index in [4.69, 9.17) is 40.0 Å². The molecule has 2 bridgehead atoms. The number of ether oxygens (including phenoxy) is 6. The lowest BCUT2D eigenvalue weighted by molar-refractivity contribution is 0.0672. The van der Waals surface area contributed by atoms with Gasteiger partial charge in [0.15, 0.2) is 34.3 Å². The van der Waals surface area contributed by atoms with Gasteiger partial charge in [0, 0.05) is 73.1 Å². The lowest BCUT2D eigenvalue weighted by atomic mass is 9.97. The van der Waals surface area contributed by atoms with Crippen molar-refractivity contribution >= 4 is 29.3 Å². The summed E-state index contributed by atoms with van der Waals surface area (Å²) in [7, 11) is 0. The van der Waals surface area contributed by atoms with E-state index in [0.29, 0.717) is 77.8 Å². The van der Waals surface area contributed by atoms with Gasteiger partial charge < -0.3 is 48.5 Å². The summed E-state index contributed by atoms with van der Waals surface area (Å²) in [4.78, 5) is 84.3. The number of hydrogen-bond donors (Lipinski definition) is 1. The minimum atomic E-state index is -0.361. The second-order valence-corrected chi connectivity index (χ2v) is 29.0. The summed E-state index contributed by atoms with van der Waals surface area (Å²) >= 11 is 6.51. The van der Waals surface area contributed by atoms with E-state index in [1.165, 1.54) is 18.2 Å². The number of rotatable bonds is 27. The number of halogens is 1. The molecule has 122 heavy (non-hydrogen) atoms. The number of carbonyl (C=O) groups is 3. The molecule has 0 saturated carbocycles. The summed E-state index contributed by atoms with van der Waals surface area (Å²) in [5.41, 5.74) is 11.4.